The average molecular weight is 399 g/mol. The minimum atomic E-state index is 0.0192. The molecule has 0 fully saturated rings. The van der Waals surface area contributed by atoms with Crippen molar-refractivity contribution in [1.29, 1.82) is 0 Å². The van der Waals surface area contributed by atoms with E-state index >= 15 is 0 Å². The van der Waals surface area contributed by atoms with E-state index in [1.807, 2.05) is 24.3 Å². The second-order valence-corrected chi connectivity index (χ2v) is 6.59. The van der Waals surface area contributed by atoms with Gasteiger partial charge in [0.05, 0.1) is 46.2 Å². The lowest BCUT2D eigenvalue weighted by atomic mass is 10.2. The molecule has 0 unspecified atom stereocenters. The highest BCUT2D eigenvalue weighted by atomic mass is 16.6. The van der Waals surface area contributed by atoms with Gasteiger partial charge in [0.15, 0.2) is 0 Å². The molecule has 0 aromatic heterocycles. The van der Waals surface area contributed by atoms with Gasteiger partial charge in [0.2, 0.25) is 5.91 Å². The van der Waals surface area contributed by atoms with Gasteiger partial charge in [0.25, 0.3) is 0 Å². The summed E-state index contributed by atoms with van der Waals surface area (Å²) in [6, 6.07) is 7.53. The van der Waals surface area contributed by atoms with Crippen LogP contribution in [-0.4, -0.2) is 58.7 Å². The molecule has 0 heterocycles. The van der Waals surface area contributed by atoms with Crippen molar-refractivity contribution in [3.8, 4) is 5.75 Å². The minimum Gasteiger partial charge on any atom is -0.491 e. The standard InChI is InChI=1S/C20H34N2O6/c1-17(2)15-22-20(23)7-8-24-9-10-25-11-12-26-13-14-27-19-5-3-18(4-6-19)16-28-21/h3-6,17H,7-16,21H2,1-2H3,(H,22,23). The Morgan fingerprint density at radius 1 is 0.929 bits per heavy atom. The van der Waals surface area contributed by atoms with Crippen LogP contribution in [0, 0.1) is 5.92 Å². The number of hydrogen-bond donors (Lipinski definition) is 2. The third-order valence-corrected chi connectivity index (χ3v) is 3.59. The summed E-state index contributed by atoms with van der Waals surface area (Å²) in [6.45, 7) is 8.48. The first kappa shape index (κ1) is 24.3. The van der Waals surface area contributed by atoms with Crippen molar-refractivity contribution < 1.29 is 28.6 Å². The van der Waals surface area contributed by atoms with Crippen LogP contribution in [0.15, 0.2) is 24.3 Å². The maximum Gasteiger partial charge on any atom is 0.222 e. The zero-order valence-electron chi connectivity index (χ0n) is 17.0. The number of nitrogens with one attached hydrogen (secondary N) is 1. The molecule has 1 aromatic carbocycles. The van der Waals surface area contributed by atoms with Crippen LogP contribution >= 0.6 is 0 Å². The highest BCUT2D eigenvalue weighted by Gasteiger charge is 2.02. The molecule has 160 valence electrons. The van der Waals surface area contributed by atoms with E-state index in [9.17, 15) is 4.79 Å². The smallest absolute Gasteiger partial charge is 0.222 e. The number of carbonyl (C=O) groups excluding carboxylic acids is 1. The fourth-order valence-electron chi connectivity index (χ4n) is 2.11. The molecular formula is C20H34N2O6. The lowest BCUT2D eigenvalue weighted by Gasteiger charge is -2.09. The monoisotopic (exact) mass is 398 g/mol. The fraction of sp³-hybridized carbons (Fsp3) is 0.650. The number of hydrogen-bond acceptors (Lipinski definition) is 7. The van der Waals surface area contributed by atoms with Crippen molar-refractivity contribution in [3.63, 3.8) is 0 Å². The first-order valence-corrected chi connectivity index (χ1v) is 9.65. The molecule has 28 heavy (non-hydrogen) atoms. The molecule has 8 nitrogen and oxygen atoms in total. The molecule has 1 aromatic rings. The zero-order chi connectivity index (χ0) is 20.5. The third-order valence-electron chi connectivity index (χ3n) is 3.59. The minimum absolute atomic E-state index is 0.0192. The lowest BCUT2D eigenvalue weighted by Crippen LogP contribution is -2.28. The van der Waals surface area contributed by atoms with E-state index < -0.39 is 0 Å². The van der Waals surface area contributed by atoms with Gasteiger partial charge in [-0.2, -0.15) is 0 Å². The second kappa shape index (κ2) is 16.3. The summed E-state index contributed by atoms with van der Waals surface area (Å²) in [5, 5.41) is 2.85. The summed E-state index contributed by atoms with van der Waals surface area (Å²) in [4.78, 5) is 16.1. The van der Waals surface area contributed by atoms with E-state index in [1.165, 1.54) is 0 Å². The normalized spacial score (nSPS) is 11.0. The van der Waals surface area contributed by atoms with Crippen LogP contribution in [0.5, 0.6) is 5.75 Å². The van der Waals surface area contributed by atoms with Crippen LogP contribution in [0.4, 0.5) is 0 Å². The van der Waals surface area contributed by atoms with Gasteiger partial charge < -0.3 is 24.3 Å². The summed E-state index contributed by atoms with van der Waals surface area (Å²) < 4.78 is 21.8. The zero-order valence-corrected chi connectivity index (χ0v) is 17.0. The fourth-order valence-corrected chi connectivity index (χ4v) is 2.11. The topological polar surface area (TPSA) is 101 Å². The highest BCUT2D eigenvalue weighted by Crippen LogP contribution is 2.12. The molecule has 3 N–H and O–H groups in total. The maximum atomic E-state index is 11.5. The quantitative estimate of drug-likeness (QED) is 0.304. The molecule has 0 radical (unpaired) electrons. The molecule has 1 amide bonds. The van der Waals surface area contributed by atoms with Gasteiger partial charge >= 0.3 is 0 Å². The molecule has 8 heteroatoms. The van der Waals surface area contributed by atoms with E-state index in [0.717, 1.165) is 11.3 Å². The van der Waals surface area contributed by atoms with Crippen molar-refractivity contribution in [1.82, 2.24) is 5.32 Å². The predicted molar refractivity (Wildman–Crippen MR) is 106 cm³/mol. The number of carbonyl (C=O) groups is 1. The first-order valence-electron chi connectivity index (χ1n) is 9.65. The van der Waals surface area contributed by atoms with Crippen molar-refractivity contribution in [2.24, 2.45) is 11.8 Å². The van der Waals surface area contributed by atoms with Gasteiger partial charge in [-0.25, -0.2) is 5.90 Å². The largest absolute Gasteiger partial charge is 0.491 e. The van der Waals surface area contributed by atoms with Crippen LogP contribution in [0.2, 0.25) is 0 Å². The number of rotatable bonds is 17. The number of nitrogens with two attached hydrogens (primary N) is 1. The number of amides is 1. The molecule has 0 aliphatic heterocycles. The Morgan fingerprint density at radius 3 is 2.07 bits per heavy atom. The number of ether oxygens (including phenoxy) is 4. The molecule has 1 rings (SSSR count). The van der Waals surface area contributed by atoms with E-state index in [-0.39, 0.29) is 5.91 Å². The van der Waals surface area contributed by atoms with Crippen LogP contribution in [0.1, 0.15) is 25.8 Å². The van der Waals surface area contributed by atoms with Gasteiger partial charge in [0, 0.05) is 13.0 Å². The lowest BCUT2D eigenvalue weighted by molar-refractivity contribution is -0.122. The maximum absolute atomic E-state index is 11.5. The Kier molecular flexibility index (Phi) is 14.1. The van der Waals surface area contributed by atoms with Crippen molar-refractivity contribution in [2.75, 3.05) is 52.8 Å². The predicted octanol–water partition coefficient (Wildman–Crippen LogP) is 1.67. The Bertz CT molecular complexity index is 510. The van der Waals surface area contributed by atoms with Crippen molar-refractivity contribution in [3.05, 3.63) is 29.8 Å². The molecule has 0 saturated carbocycles. The summed E-state index contributed by atoms with van der Waals surface area (Å²) in [7, 11) is 0. The second-order valence-electron chi connectivity index (χ2n) is 6.59. The molecule has 0 bridgehead atoms. The Morgan fingerprint density at radius 2 is 1.50 bits per heavy atom. The molecular weight excluding hydrogens is 364 g/mol. The van der Waals surface area contributed by atoms with Crippen LogP contribution in [0.3, 0.4) is 0 Å². The van der Waals surface area contributed by atoms with Crippen LogP contribution in [-0.2, 0) is 30.4 Å². The Labute approximate surface area is 167 Å². The number of benzene rings is 1. The first-order chi connectivity index (χ1) is 13.6. The molecule has 0 saturated heterocycles. The van der Waals surface area contributed by atoms with E-state index in [0.29, 0.717) is 71.7 Å². The summed E-state index contributed by atoms with van der Waals surface area (Å²) in [5.41, 5.74) is 0.988. The molecule has 0 aliphatic rings. The van der Waals surface area contributed by atoms with E-state index in [4.69, 9.17) is 24.8 Å². The SMILES string of the molecule is CC(C)CNC(=O)CCOCCOCCOCCOc1ccc(CON)cc1. The van der Waals surface area contributed by atoms with Crippen molar-refractivity contribution >= 4 is 5.91 Å². The van der Waals surface area contributed by atoms with Gasteiger partial charge in [-0.05, 0) is 23.6 Å². The summed E-state index contributed by atoms with van der Waals surface area (Å²) in [6.07, 6.45) is 0.374. The van der Waals surface area contributed by atoms with E-state index in [1.54, 1.807) is 0 Å². The van der Waals surface area contributed by atoms with Gasteiger partial charge in [-0.15, -0.1) is 0 Å². The van der Waals surface area contributed by atoms with Crippen molar-refractivity contribution in [2.45, 2.75) is 26.9 Å². The summed E-state index contributed by atoms with van der Waals surface area (Å²) in [5.74, 6) is 6.27. The highest BCUT2D eigenvalue weighted by molar-refractivity contribution is 5.75. The molecule has 0 atom stereocenters. The van der Waals surface area contributed by atoms with Gasteiger partial charge in [-0.3, -0.25) is 9.63 Å². The van der Waals surface area contributed by atoms with Gasteiger partial charge in [-0.1, -0.05) is 26.0 Å². The van der Waals surface area contributed by atoms with Crippen LogP contribution < -0.4 is 16.0 Å². The van der Waals surface area contributed by atoms with Gasteiger partial charge in [0.1, 0.15) is 12.4 Å². The Hall–Kier alpha value is -1.71. The van der Waals surface area contributed by atoms with E-state index in [2.05, 4.69) is 24.0 Å². The third kappa shape index (κ3) is 13.5. The van der Waals surface area contributed by atoms with Crippen LogP contribution in [0.25, 0.3) is 0 Å². The molecule has 0 aliphatic carbocycles. The Balaban J connectivity index is 1.84. The summed E-state index contributed by atoms with van der Waals surface area (Å²) >= 11 is 0. The average Bonchev–Trinajstić information content (AvgIpc) is 2.68. The molecule has 0 spiro atoms.